The van der Waals surface area contributed by atoms with E-state index in [1.165, 1.54) is 18.5 Å². The number of hydrogen-bond donors (Lipinski definition) is 2. The van der Waals surface area contributed by atoms with E-state index in [1.54, 1.807) is 12.1 Å². The Labute approximate surface area is 147 Å². The van der Waals surface area contributed by atoms with E-state index in [-0.39, 0.29) is 27.9 Å². The fraction of sp³-hybridized carbons (Fsp3) is 0. The van der Waals surface area contributed by atoms with E-state index in [1.807, 2.05) is 22.6 Å². The van der Waals surface area contributed by atoms with Crippen LogP contribution in [0.15, 0.2) is 35.0 Å². The summed E-state index contributed by atoms with van der Waals surface area (Å²) in [6.45, 7) is 0. The van der Waals surface area contributed by atoms with Crippen LogP contribution in [0, 0.1) is 9.39 Å². The summed E-state index contributed by atoms with van der Waals surface area (Å²) in [5.74, 6) is -0.702. The largest absolute Gasteiger partial charge is 0.422 e. The number of carbonyl (C=O) groups excluding carboxylic acids is 1. The zero-order valence-electron chi connectivity index (χ0n) is 11.3. The minimum atomic E-state index is -1.07. The molecule has 9 heteroatoms. The van der Waals surface area contributed by atoms with Crippen molar-refractivity contribution in [1.29, 1.82) is 0 Å². The van der Waals surface area contributed by atoms with Crippen LogP contribution in [-0.4, -0.2) is 11.1 Å². The van der Waals surface area contributed by atoms with Crippen LogP contribution in [0.3, 0.4) is 0 Å². The molecule has 0 aliphatic carbocycles. The zero-order valence-corrected chi connectivity index (χ0v) is 14.2. The van der Waals surface area contributed by atoms with Gasteiger partial charge in [0.25, 0.3) is 0 Å². The minimum Gasteiger partial charge on any atom is -0.422 e. The molecule has 0 bridgehead atoms. The molecule has 0 saturated carbocycles. The SMILES string of the molecule is NC(=O)Oc1oc2c(Cl)cncc2c1Nc1ccc(I)cc1F. The van der Waals surface area contributed by atoms with E-state index < -0.39 is 11.9 Å². The van der Waals surface area contributed by atoms with Gasteiger partial charge in [0.05, 0.1) is 11.1 Å². The first-order valence-electron chi connectivity index (χ1n) is 6.21. The van der Waals surface area contributed by atoms with E-state index in [2.05, 4.69) is 10.3 Å². The first-order chi connectivity index (χ1) is 11.0. The predicted octanol–water partition coefficient (Wildman–Crippen LogP) is 4.43. The number of pyridine rings is 1. The highest BCUT2D eigenvalue weighted by molar-refractivity contribution is 14.1. The summed E-state index contributed by atoms with van der Waals surface area (Å²) < 4.78 is 25.0. The van der Waals surface area contributed by atoms with Gasteiger partial charge < -0.3 is 20.2 Å². The van der Waals surface area contributed by atoms with E-state index in [4.69, 9.17) is 26.5 Å². The molecular weight excluding hydrogens is 440 g/mol. The lowest BCUT2D eigenvalue weighted by Crippen LogP contribution is -2.16. The third-order valence-electron chi connectivity index (χ3n) is 2.91. The van der Waals surface area contributed by atoms with Crippen LogP contribution in [0.25, 0.3) is 11.0 Å². The van der Waals surface area contributed by atoms with Crippen LogP contribution in [0.4, 0.5) is 20.6 Å². The maximum atomic E-state index is 14.0. The third-order valence-corrected chi connectivity index (χ3v) is 3.85. The van der Waals surface area contributed by atoms with Gasteiger partial charge in [-0.25, -0.2) is 9.18 Å². The van der Waals surface area contributed by atoms with Crippen LogP contribution in [0.2, 0.25) is 5.02 Å². The summed E-state index contributed by atoms with van der Waals surface area (Å²) in [4.78, 5) is 15.0. The van der Waals surface area contributed by atoms with Gasteiger partial charge in [-0.15, -0.1) is 0 Å². The Hall–Kier alpha value is -2.07. The number of anilines is 2. The quantitative estimate of drug-likeness (QED) is 0.580. The van der Waals surface area contributed by atoms with Crippen molar-refractivity contribution >= 4 is 62.6 Å². The first-order valence-corrected chi connectivity index (χ1v) is 7.66. The maximum Gasteiger partial charge on any atom is 0.412 e. The number of aromatic nitrogens is 1. The average Bonchev–Trinajstić information content (AvgIpc) is 2.81. The molecule has 0 atom stereocenters. The van der Waals surface area contributed by atoms with Gasteiger partial charge in [0.2, 0.25) is 0 Å². The molecule has 23 heavy (non-hydrogen) atoms. The Balaban J connectivity index is 2.14. The number of benzene rings is 1. The number of nitrogens with zero attached hydrogens (tertiary/aromatic N) is 1. The molecule has 0 fully saturated rings. The summed E-state index contributed by atoms with van der Waals surface area (Å²) in [6.07, 6.45) is 1.75. The average molecular weight is 448 g/mol. The van der Waals surface area contributed by atoms with Gasteiger partial charge in [-0.3, -0.25) is 4.98 Å². The van der Waals surface area contributed by atoms with E-state index in [9.17, 15) is 9.18 Å². The Morgan fingerprint density at radius 1 is 1.43 bits per heavy atom. The van der Waals surface area contributed by atoms with Gasteiger partial charge in [0.1, 0.15) is 16.5 Å². The number of hydrogen-bond acceptors (Lipinski definition) is 5. The number of furan rings is 1. The number of carbonyl (C=O) groups is 1. The second-order valence-corrected chi connectivity index (χ2v) is 6.09. The molecular formula is C14H8ClFIN3O3. The molecule has 1 amide bonds. The molecule has 0 spiro atoms. The highest BCUT2D eigenvalue weighted by Gasteiger charge is 2.21. The van der Waals surface area contributed by atoms with Gasteiger partial charge >= 0.3 is 12.0 Å². The minimum absolute atomic E-state index is 0.169. The lowest BCUT2D eigenvalue weighted by atomic mass is 10.2. The second kappa shape index (κ2) is 6.20. The summed E-state index contributed by atoms with van der Waals surface area (Å²) in [6, 6.07) is 4.61. The lowest BCUT2D eigenvalue weighted by Gasteiger charge is -2.07. The molecule has 6 nitrogen and oxygen atoms in total. The molecule has 0 unspecified atom stereocenters. The van der Waals surface area contributed by atoms with Crippen LogP contribution < -0.4 is 15.8 Å². The van der Waals surface area contributed by atoms with Crippen LogP contribution in [0.5, 0.6) is 5.95 Å². The first kappa shape index (κ1) is 15.8. The number of halogens is 3. The van der Waals surface area contributed by atoms with Crippen molar-refractivity contribution in [2.24, 2.45) is 5.73 Å². The van der Waals surface area contributed by atoms with Crippen LogP contribution in [-0.2, 0) is 0 Å². The molecule has 118 valence electrons. The standard InChI is InChI=1S/C14H8ClFIN3O3/c15-8-5-19-4-7-11(13(22-12(7)8)23-14(18)21)20-10-2-1-6(17)3-9(10)16/h1-5,20H,(H2,18,21). The van der Waals surface area contributed by atoms with Crippen molar-refractivity contribution in [3.05, 3.63) is 45.0 Å². The Bertz CT molecular complexity index is 916. The van der Waals surface area contributed by atoms with Crippen molar-refractivity contribution in [3.8, 4) is 5.95 Å². The van der Waals surface area contributed by atoms with Crippen molar-refractivity contribution in [1.82, 2.24) is 4.98 Å². The molecule has 0 saturated heterocycles. The van der Waals surface area contributed by atoms with Gasteiger partial charge in [-0.1, -0.05) is 11.6 Å². The monoisotopic (exact) mass is 447 g/mol. The normalized spacial score (nSPS) is 10.7. The predicted molar refractivity (Wildman–Crippen MR) is 91.6 cm³/mol. The maximum absolute atomic E-state index is 14.0. The summed E-state index contributed by atoms with van der Waals surface area (Å²) in [5.41, 5.74) is 5.64. The third kappa shape index (κ3) is 3.17. The van der Waals surface area contributed by atoms with Gasteiger partial charge in [0, 0.05) is 16.0 Å². The van der Waals surface area contributed by atoms with E-state index in [0.717, 1.165) is 3.57 Å². The van der Waals surface area contributed by atoms with Crippen molar-refractivity contribution in [3.63, 3.8) is 0 Å². The van der Waals surface area contributed by atoms with Crippen LogP contribution in [0.1, 0.15) is 0 Å². The van der Waals surface area contributed by atoms with E-state index >= 15 is 0 Å². The molecule has 0 radical (unpaired) electrons. The molecule has 2 heterocycles. The van der Waals surface area contributed by atoms with Crippen molar-refractivity contribution < 1.29 is 18.3 Å². The smallest absolute Gasteiger partial charge is 0.412 e. The molecule has 1 aromatic carbocycles. The number of nitrogens with two attached hydrogens (primary N) is 1. The lowest BCUT2D eigenvalue weighted by molar-refractivity contribution is 0.199. The number of fused-ring (bicyclic) bond motifs is 1. The highest BCUT2D eigenvalue weighted by Crippen LogP contribution is 2.41. The zero-order chi connectivity index (χ0) is 16.6. The highest BCUT2D eigenvalue weighted by atomic mass is 127. The topological polar surface area (TPSA) is 90.4 Å². The summed E-state index contributed by atoms with van der Waals surface area (Å²) in [7, 11) is 0. The van der Waals surface area contributed by atoms with Gasteiger partial charge in [-0.2, -0.15) is 0 Å². The summed E-state index contributed by atoms with van der Waals surface area (Å²) >= 11 is 8.00. The van der Waals surface area contributed by atoms with Crippen molar-refractivity contribution in [2.45, 2.75) is 0 Å². The van der Waals surface area contributed by atoms with Crippen LogP contribution >= 0.6 is 34.2 Å². The second-order valence-electron chi connectivity index (χ2n) is 4.43. The van der Waals surface area contributed by atoms with Crippen molar-refractivity contribution in [2.75, 3.05) is 5.32 Å². The Kier molecular flexibility index (Phi) is 4.26. The number of nitrogens with one attached hydrogen (secondary N) is 1. The molecule has 2 aromatic heterocycles. The molecule has 0 aliphatic heterocycles. The molecule has 3 N–H and O–H groups in total. The fourth-order valence-corrected chi connectivity index (χ4v) is 2.62. The number of amides is 1. The molecule has 3 aromatic rings. The molecule has 0 aliphatic rings. The number of primary amides is 1. The van der Waals surface area contributed by atoms with Gasteiger partial charge in [0.15, 0.2) is 5.58 Å². The Morgan fingerprint density at radius 2 is 2.22 bits per heavy atom. The van der Waals surface area contributed by atoms with Gasteiger partial charge in [-0.05, 0) is 40.8 Å². The number of ether oxygens (including phenoxy) is 1. The Morgan fingerprint density at radius 3 is 2.91 bits per heavy atom. The molecule has 3 rings (SSSR count). The number of rotatable bonds is 3. The summed E-state index contributed by atoms with van der Waals surface area (Å²) in [5, 5.41) is 3.46. The fourth-order valence-electron chi connectivity index (χ4n) is 1.97. The van der Waals surface area contributed by atoms with E-state index in [0.29, 0.717) is 5.39 Å².